The summed E-state index contributed by atoms with van der Waals surface area (Å²) in [4.78, 5) is 18.2. The van der Waals surface area contributed by atoms with Gasteiger partial charge in [-0.1, -0.05) is 18.2 Å². The number of para-hydroxylation sites is 1. The number of hydrogen-bond acceptors (Lipinski definition) is 2. The van der Waals surface area contributed by atoms with Gasteiger partial charge in [0.25, 0.3) is 5.91 Å². The number of benzene rings is 1. The van der Waals surface area contributed by atoms with E-state index in [4.69, 9.17) is 0 Å². The quantitative estimate of drug-likeness (QED) is 0.780. The number of aromatic nitrogens is 2. The Morgan fingerprint density at radius 2 is 2.20 bits per heavy atom. The summed E-state index contributed by atoms with van der Waals surface area (Å²) in [6.07, 6.45) is 2.97. The zero-order valence-electron chi connectivity index (χ0n) is 8.32. The molecule has 2 N–H and O–H groups in total. The second kappa shape index (κ2) is 3.96. The maximum absolute atomic E-state index is 11.6. The van der Waals surface area contributed by atoms with Gasteiger partial charge in [-0.15, -0.1) is 0 Å². The Balaban J connectivity index is 2.17. The molecule has 4 nitrogen and oxygen atoms in total. The van der Waals surface area contributed by atoms with Crippen LogP contribution in [0.4, 0.5) is 5.69 Å². The summed E-state index contributed by atoms with van der Waals surface area (Å²) < 4.78 is 0. The summed E-state index contributed by atoms with van der Waals surface area (Å²) in [5, 5.41) is 2.80. The fourth-order valence-electron chi connectivity index (χ4n) is 1.28. The molecule has 0 radical (unpaired) electrons. The van der Waals surface area contributed by atoms with Crippen LogP contribution in [0.1, 0.15) is 16.1 Å². The third kappa shape index (κ3) is 2.04. The average molecular weight is 201 g/mol. The molecule has 0 saturated carbocycles. The van der Waals surface area contributed by atoms with E-state index in [2.05, 4.69) is 15.3 Å². The van der Waals surface area contributed by atoms with Crippen LogP contribution in [0.15, 0.2) is 36.8 Å². The maximum Gasteiger partial charge on any atom is 0.273 e. The van der Waals surface area contributed by atoms with Crippen molar-refractivity contribution in [3.63, 3.8) is 0 Å². The van der Waals surface area contributed by atoms with E-state index in [0.717, 1.165) is 11.3 Å². The van der Waals surface area contributed by atoms with Crippen LogP contribution in [0.25, 0.3) is 0 Å². The van der Waals surface area contributed by atoms with Crippen molar-refractivity contribution in [2.24, 2.45) is 0 Å². The predicted octanol–water partition coefficient (Wildman–Crippen LogP) is 1.97. The number of H-pyrrole nitrogens is 1. The first-order valence-electron chi connectivity index (χ1n) is 4.63. The van der Waals surface area contributed by atoms with Crippen molar-refractivity contribution in [3.8, 4) is 0 Å². The first kappa shape index (κ1) is 9.45. The van der Waals surface area contributed by atoms with Gasteiger partial charge in [-0.3, -0.25) is 4.79 Å². The molecule has 1 heterocycles. The highest BCUT2D eigenvalue weighted by Gasteiger charge is 2.07. The van der Waals surface area contributed by atoms with Crippen molar-refractivity contribution in [1.29, 1.82) is 0 Å². The summed E-state index contributed by atoms with van der Waals surface area (Å²) in [5.74, 6) is -0.179. The third-order valence-corrected chi connectivity index (χ3v) is 2.14. The minimum atomic E-state index is -0.179. The Morgan fingerprint density at radius 3 is 2.87 bits per heavy atom. The van der Waals surface area contributed by atoms with Crippen LogP contribution in [-0.4, -0.2) is 15.9 Å². The highest BCUT2D eigenvalue weighted by atomic mass is 16.1. The highest BCUT2D eigenvalue weighted by Crippen LogP contribution is 2.13. The lowest BCUT2D eigenvalue weighted by Gasteiger charge is -2.06. The molecular weight excluding hydrogens is 190 g/mol. The van der Waals surface area contributed by atoms with E-state index in [0.29, 0.717) is 5.69 Å². The van der Waals surface area contributed by atoms with Crippen LogP contribution in [0.2, 0.25) is 0 Å². The number of imidazole rings is 1. The number of anilines is 1. The van der Waals surface area contributed by atoms with Crippen LogP contribution in [-0.2, 0) is 0 Å². The first-order chi connectivity index (χ1) is 7.27. The lowest BCUT2D eigenvalue weighted by molar-refractivity contribution is 0.102. The molecule has 0 atom stereocenters. The summed E-state index contributed by atoms with van der Waals surface area (Å²) in [6, 6.07) is 7.63. The zero-order chi connectivity index (χ0) is 10.7. The van der Waals surface area contributed by atoms with Crippen molar-refractivity contribution < 1.29 is 4.79 Å². The molecule has 0 aliphatic heterocycles. The number of carbonyl (C=O) groups is 1. The molecule has 4 heteroatoms. The fraction of sp³-hybridized carbons (Fsp3) is 0.0909. The Labute approximate surface area is 87.4 Å². The van der Waals surface area contributed by atoms with Gasteiger partial charge in [0.2, 0.25) is 0 Å². The average Bonchev–Trinajstić information content (AvgIpc) is 2.74. The van der Waals surface area contributed by atoms with E-state index in [1.807, 2.05) is 31.2 Å². The van der Waals surface area contributed by atoms with Gasteiger partial charge in [-0.2, -0.15) is 0 Å². The zero-order valence-corrected chi connectivity index (χ0v) is 8.32. The smallest absolute Gasteiger partial charge is 0.273 e. The summed E-state index contributed by atoms with van der Waals surface area (Å²) in [7, 11) is 0. The molecule has 0 aliphatic rings. The van der Waals surface area contributed by atoms with Crippen molar-refractivity contribution in [1.82, 2.24) is 9.97 Å². The Bertz CT molecular complexity index is 462. The lowest BCUT2D eigenvalue weighted by atomic mass is 10.2. The molecule has 1 aromatic heterocycles. The van der Waals surface area contributed by atoms with Crippen molar-refractivity contribution >= 4 is 11.6 Å². The van der Waals surface area contributed by atoms with Crippen molar-refractivity contribution in [2.75, 3.05) is 5.32 Å². The molecule has 0 aliphatic carbocycles. The van der Waals surface area contributed by atoms with Crippen LogP contribution < -0.4 is 5.32 Å². The molecule has 0 bridgehead atoms. The molecule has 0 unspecified atom stereocenters. The van der Waals surface area contributed by atoms with E-state index < -0.39 is 0 Å². The van der Waals surface area contributed by atoms with E-state index in [1.165, 1.54) is 12.5 Å². The number of nitrogens with zero attached hydrogens (tertiary/aromatic N) is 1. The van der Waals surface area contributed by atoms with Gasteiger partial charge in [-0.25, -0.2) is 4.98 Å². The third-order valence-electron chi connectivity index (χ3n) is 2.14. The number of nitrogens with one attached hydrogen (secondary N) is 2. The molecule has 76 valence electrons. The Morgan fingerprint density at radius 1 is 1.40 bits per heavy atom. The van der Waals surface area contributed by atoms with E-state index in [9.17, 15) is 4.79 Å². The number of aryl methyl sites for hydroxylation is 1. The Kier molecular flexibility index (Phi) is 2.49. The minimum Gasteiger partial charge on any atom is -0.341 e. The van der Waals surface area contributed by atoms with Crippen LogP contribution in [0.3, 0.4) is 0 Å². The molecule has 1 aromatic carbocycles. The lowest BCUT2D eigenvalue weighted by Crippen LogP contribution is -2.12. The van der Waals surface area contributed by atoms with Gasteiger partial charge in [0.05, 0.1) is 12.5 Å². The summed E-state index contributed by atoms with van der Waals surface area (Å²) >= 11 is 0. The fourth-order valence-corrected chi connectivity index (χ4v) is 1.28. The van der Waals surface area contributed by atoms with Crippen LogP contribution in [0.5, 0.6) is 0 Å². The molecule has 2 rings (SSSR count). The second-order valence-electron chi connectivity index (χ2n) is 3.23. The summed E-state index contributed by atoms with van der Waals surface area (Å²) in [6.45, 7) is 1.95. The van der Waals surface area contributed by atoms with Crippen LogP contribution in [0, 0.1) is 6.92 Å². The normalized spacial score (nSPS) is 9.93. The standard InChI is InChI=1S/C11H11N3O/c1-8-4-2-3-5-9(8)14-11(15)10-6-12-7-13-10/h2-7H,1H3,(H,12,13)(H,14,15). The largest absolute Gasteiger partial charge is 0.341 e. The molecule has 0 fully saturated rings. The number of carbonyl (C=O) groups excluding carboxylic acids is 1. The van der Waals surface area contributed by atoms with Gasteiger partial charge in [0.1, 0.15) is 5.69 Å². The predicted molar refractivity (Wildman–Crippen MR) is 57.7 cm³/mol. The number of amides is 1. The number of rotatable bonds is 2. The second-order valence-corrected chi connectivity index (χ2v) is 3.23. The van der Waals surface area contributed by atoms with Crippen molar-refractivity contribution in [2.45, 2.75) is 6.92 Å². The topological polar surface area (TPSA) is 57.8 Å². The van der Waals surface area contributed by atoms with E-state index >= 15 is 0 Å². The van der Waals surface area contributed by atoms with Crippen molar-refractivity contribution in [3.05, 3.63) is 48.0 Å². The molecule has 15 heavy (non-hydrogen) atoms. The number of hydrogen-bond donors (Lipinski definition) is 2. The van der Waals surface area contributed by atoms with Crippen LogP contribution >= 0.6 is 0 Å². The molecule has 2 aromatic rings. The van der Waals surface area contributed by atoms with E-state index in [-0.39, 0.29) is 5.91 Å². The van der Waals surface area contributed by atoms with Gasteiger partial charge >= 0.3 is 0 Å². The van der Waals surface area contributed by atoms with Gasteiger partial charge < -0.3 is 10.3 Å². The molecule has 0 spiro atoms. The first-order valence-corrected chi connectivity index (χ1v) is 4.63. The molecule has 0 saturated heterocycles. The number of aromatic amines is 1. The minimum absolute atomic E-state index is 0.179. The van der Waals surface area contributed by atoms with Gasteiger partial charge in [0, 0.05) is 5.69 Å². The Hall–Kier alpha value is -2.10. The molecular formula is C11H11N3O. The SMILES string of the molecule is Cc1ccccc1NC(=O)c1cnc[nH]1. The maximum atomic E-state index is 11.6. The summed E-state index contributed by atoms with van der Waals surface area (Å²) in [5.41, 5.74) is 2.31. The highest BCUT2D eigenvalue weighted by molar-refractivity contribution is 6.03. The van der Waals surface area contributed by atoms with Gasteiger partial charge in [0.15, 0.2) is 0 Å². The van der Waals surface area contributed by atoms with Gasteiger partial charge in [-0.05, 0) is 18.6 Å². The van der Waals surface area contributed by atoms with E-state index in [1.54, 1.807) is 0 Å². The molecule has 1 amide bonds. The monoisotopic (exact) mass is 201 g/mol.